The molecule has 1 unspecified atom stereocenters. The molecule has 0 aromatic heterocycles. The minimum absolute atomic E-state index is 0.00528. The van der Waals surface area contributed by atoms with Crippen LogP contribution >= 0.6 is 0 Å². The third-order valence-electron chi connectivity index (χ3n) is 1.92. The van der Waals surface area contributed by atoms with Crippen molar-refractivity contribution in [2.24, 2.45) is 5.73 Å². The van der Waals surface area contributed by atoms with E-state index in [-0.39, 0.29) is 18.4 Å². The van der Waals surface area contributed by atoms with E-state index in [0.717, 1.165) is 12.2 Å². The number of ether oxygens (including phenoxy) is 2. The number of primary amides is 1. The second-order valence-corrected chi connectivity index (χ2v) is 3.04. The zero-order valence-corrected chi connectivity index (χ0v) is 8.23. The lowest BCUT2D eigenvalue weighted by Crippen LogP contribution is -2.18. The van der Waals surface area contributed by atoms with Gasteiger partial charge in [0.05, 0.1) is 19.8 Å². The molecule has 2 N–H and O–H groups in total. The van der Waals surface area contributed by atoms with Gasteiger partial charge in [-0.15, -0.1) is 0 Å². The molecule has 0 fully saturated rings. The van der Waals surface area contributed by atoms with Crippen LogP contribution in [0.5, 0.6) is 0 Å². The predicted octanol–water partition coefficient (Wildman–Crippen LogP) is 0.737. The molecule has 14 heavy (non-hydrogen) atoms. The summed E-state index contributed by atoms with van der Waals surface area (Å²) >= 11 is 0. The van der Waals surface area contributed by atoms with E-state index in [2.05, 4.69) is 0 Å². The summed E-state index contributed by atoms with van der Waals surface area (Å²) in [5, 5.41) is 0. The number of hydrogen-bond acceptors (Lipinski definition) is 3. The molecule has 1 rings (SSSR count). The molecule has 78 valence electrons. The maximum absolute atomic E-state index is 10.4. The van der Waals surface area contributed by atoms with Gasteiger partial charge in [0.1, 0.15) is 5.76 Å². The maximum atomic E-state index is 10.4. The topological polar surface area (TPSA) is 61.6 Å². The van der Waals surface area contributed by atoms with Crippen molar-refractivity contribution < 1.29 is 14.3 Å². The Labute approximate surface area is 83.4 Å². The standard InChI is InChI=1S/C10H15NO3/c1-13-8-3-2-4-9(7-8)14-6-5-10(11)12/h2-3,7,9H,4-6H2,1H3,(H2,11,12). The Morgan fingerprint density at radius 2 is 2.50 bits per heavy atom. The summed E-state index contributed by atoms with van der Waals surface area (Å²) in [7, 11) is 1.61. The van der Waals surface area contributed by atoms with E-state index in [0.29, 0.717) is 6.61 Å². The fourth-order valence-corrected chi connectivity index (χ4v) is 1.19. The van der Waals surface area contributed by atoms with Gasteiger partial charge >= 0.3 is 0 Å². The number of carbonyl (C=O) groups excluding carboxylic acids is 1. The first-order chi connectivity index (χ1) is 6.72. The van der Waals surface area contributed by atoms with Crippen LogP contribution in [0, 0.1) is 0 Å². The van der Waals surface area contributed by atoms with E-state index in [1.54, 1.807) is 7.11 Å². The number of hydrogen-bond donors (Lipinski definition) is 1. The second-order valence-electron chi connectivity index (χ2n) is 3.04. The molecular formula is C10H15NO3. The molecule has 0 aliphatic heterocycles. The number of carbonyl (C=O) groups is 1. The van der Waals surface area contributed by atoms with Crippen LogP contribution in [0.2, 0.25) is 0 Å². The fraction of sp³-hybridized carbons (Fsp3) is 0.500. The van der Waals surface area contributed by atoms with Crippen LogP contribution < -0.4 is 5.73 Å². The molecule has 4 nitrogen and oxygen atoms in total. The third-order valence-corrected chi connectivity index (χ3v) is 1.92. The number of amides is 1. The van der Waals surface area contributed by atoms with Crippen molar-refractivity contribution in [2.75, 3.05) is 13.7 Å². The van der Waals surface area contributed by atoms with Gasteiger partial charge in [-0.25, -0.2) is 0 Å². The first kappa shape index (κ1) is 10.8. The molecule has 1 aliphatic rings. The zero-order chi connectivity index (χ0) is 10.4. The molecule has 0 saturated carbocycles. The largest absolute Gasteiger partial charge is 0.497 e. The van der Waals surface area contributed by atoms with Gasteiger partial charge in [0.15, 0.2) is 0 Å². The summed E-state index contributed by atoms with van der Waals surface area (Å²) in [5.41, 5.74) is 4.99. The molecule has 4 heteroatoms. The molecule has 0 spiro atoms. The Hall–Kier alpha value is -1.29. The first-order valence-corrected chi connectivity index (χ1v) is 4.54. The minimum atomic E-state index is -0.340. The summed E-state index contributed by atoms with van der Waals surface area (Å²) in [6.45, 7) is 0.362. The molecule has 0 heterocycles. The molecule has 0 aromatic rings. The van der Waals surface area contributed by atoms with Gasteiger partial charge < -0.3 is 15.2 Å². The highest BCUT2D eigenvalue weighted by Gasteiger charge is 2.10. The van der Waals surface area contributed by atoms with Crippen molar-refractivity contribution in [2.45, 2.75) is 18.9 Å². The van der Waals surface area contributed by atoms with Crippen molar-refractivity contribution in [3.05, 3.63) is 24.0 Å². The lowest BCUT2D eigenvalue weighted by molar-refractivity contribution is -0.119. The summed E-state index contributed by atoms with van der Waals surface area (Å²) in [6.07, 6.45) is 6.83. The van der Waals surface area contributed by atoms with Crippen molar-refractivity contribution in [3.63, 3.8) is 0 Å². The number of methoxy groups -OCH3 is 1. The zero-order valence-electron chi connectivity index (χ0n) is 8.23. The van der Waals surface area contributed by atoms with Gasteiger partial charge in [-0.05, 0) is 18.6 Å². The van der Waals surface area contributed by atoms with E-state index in [1.165, 1.54) is 0 Å². The highest BCUT2D eigenvalue weighted by atomic mass is 16.5. The smallest absolute Gasteiger partial charge is 0.219 e. The van der Waals surface area contributed by atoms with E-state index < -0.39 is 0 Å². The minimum Gasteiger partial charge on any atom is -0.497 e. The lowest BCUT2D eigenvalue weighted by Gasteiger charge is -2.16. The summed E-state index contributed by atoms with van der Waals surface area (Å²) in [4.78, 5) is 10.4. The van der Waals surface area contributed by atoms with Gasteiger partial charge in [0, 0.05) is 6.42 Å². The van der Waals surface area contributed by atoms with Gasteiger partial charge in [-0.2, -0.15) is 0 Å². The van der Waals surface area contributed by atoms with Gasteiger partial charge in [0.2, 0.25) is 5.91 Å². The van der Waals surface area contributed by atoms with E-state index in [9.17, 15) is 4.79 Å². The van der Waals surface area contributed by atoms with E-state index >= 15 is 0 Å². The van der Waals surface area contributed by atoms with Gasteiger partial charge in [-0.1, -0.05) is 6.08 Å². The SMILES string of the molecule is COC1=CC(OCCC(N)=O)CC=C1. The fourth-order valence-electron chi connectivity index (χ4n) is 1.19. The quantitative estimate of drug-likeness (QED) is 0.707. The number of rotatable bonds is 5. The molecule has 0 radical (unpaired) electrons. The van der Waals surface area contributed by atoms with Crippen LogP contribution in [-0.2, 0) is 14.3 Å². The van der Waals surface area contributed by atoms with Crippen molar-refractivity contribution >= 4 is 5.91 Å². The molecule has 1 atom stereocenters. The molecule has 0 saturated heterocycles. The summed E-state index contributed by atoms with van der Waals surface area (Å²) < 4.78 is 10.5. The van der Waals surface area contributed by atoms with Gasteiger partial charge in [0.25, 0.3) is 0 Å². The van der Waals surface area contributed by atoms with Crippen LogP contribution in [0.3, 0.4) is 0 Å². The Morgan fingerprint density at radius 1 is 1.71 bits per heavy atom. The normalized spacial score (nSPS) is 20.4. The predicted molar refractivity (Wildman–Crippen MR) is 52.4 cm³/mol. The van der Waals surface area contributed by atoms with E-state index in [1.807, 2.05) is 18.2 Å². The Kier molecular flexibility index (Phi) is 4.19. The van der Waals surface area contributed by atoms with Crippen molar-refractivity contribution in [1.82, 2.24) is 0 Å². The highest BCUT2D eigenvalue weighted by Crippen LogP contribution is 2.13. The molecule has 0 aromatic carbocycles. The van der Waals surface area contributed by atoms with Crippen LogP contribution in [0.25, 0.3) is 0 Å². The number of nitrogens with two attached hydrogens (primary N) is 1. The van der Waals surface area contributed by atoms with Crippen molar-refractivity contribution in [1.29, 1.82) is 0 Å². The third kappa shape index (κ3) is 3.62. The van der Waals surface area contributed by atoms with Crippen LogP contribution in [0.1, 0.15) is 12.8 Å². The Balaban J connectivity index is 2.29. The van der Waals surface area contributed by atoms with Crippen molar-refractivity contribution in [3.8, 4) is 0 Å². The highest BCUT2D eigenvalue weighted by molar-refractivity contribution is 5.73. The Bertz CT molecular complexity index is 258. The second kappa shape index (κ2) is 5.44. The number of allylic oxidation sites excluding steroid dienone is 1. The molecule has 0 bridgehead atoms. The lowest BCUT2D eigenvalue weighted by atomic mass is 10.1. The van der Waals surface area contributed by atoms with Gasteiger partial charge in [-0.3, -0.25) is 4.79 Å². The maximum Gasteiger partial charge on any atom is 0.219 e. The average Bonchev–Trinajstić information content (AvgIpc) is 2.18. The van der Waals surface area contributed by atoms with Crippen LogP contribution in [0.15, 0.2) is 24.0 Å². The average molecular weight is 197 g/mol. The van der Waals surface area contributed by atoms with E-state index in [4.69, 9.17) is 15.2 Å². The monoisotopic (exact) mass is 197 g/mol. The summed E-state index contributed by atoms with van der Waals surface area (Å²) in [6, 6.07) is 0. The van der Waals surface area contributed by atoms with Crippen LogP contribution in [0.4, 0.5) is 0 Å². The Morgan fingerprint density at radius 3 is 3.14 bits per heavy atom. The first-order valence-electron chi connectivity index (χ1n) is 4.54. The summed E-state index contributed by atoms with van der Waals surface area (Å²) in [5.74, 6) is 0.452. The molecular weight excluding hydrogens is 182 g/mol. The molecule has 1 aliphatic carbocycles. The van der Waals surface area contributed by atoms with Crippen LogP contribution in [-0.4, -0.2) is 25.7 Å². The molecule has 1 amide bonds.